The van der Waals surface area contributed by atoms with Crippen molar-refractivity contribution in [1.29, 1.82) is 0 Å². The number of fused-ring (bicyclic) bond motifs is 1. The van der Waals surface area contributed by atoms with Gasteiger partial charge in [0, 0.05) is 17.7 Å². The lowest BCUT2D eigenvalue weighted by molar-refractivity contribution is 0.102. The van der Waals surface area contributed by atoms with E-state index in [1.54, 1.807) is 24.3 Å². The summed E-state index contributed by atoms with van der Waals surface area (Å²) in [6, 6.07) is 10.4. The summed E-state index contributed by atoms with van der Waals surface area (Å²) in [6.07, 6.45) is 0.832. The summed E-state index contributed by atoms with van der Waals surface area (Å²) < 4.78 is 5.42. The fraction of sp³-hybridized carbons (Fsp3) is 0.133. The van der Waals surface area contributed by atoms with Crippen LogP contribution < -0.4 is 15.8 Å². The second-order valence-corrected chi connectivity index (χ2v) is 5.02. The second kappa shape index (κ2) is 5.06. The van der Waals surface area contributed by atoms with Crippen LogP contribution in [0.25, 0.3) is 0 Å². The molecule has 1 aliphatic heterocycles. The zero-order valence-corrected chi connectivity index (χ0v) is 11.4. The molecular weight excluding hydrogens is 276 g/mol. The van der Waals surface area contributed by atoms with Crippen LogP contribution in [-0.2, 0) is 6.42 Å². The molecule has 2 aromatic carbocycles. The average Bonchev–Trinajstić information content (AvgIpc) is 2.89. The Morgan fingerprint density at radius 3 is 2.90 bits per heavy atom. The Bertz CT molecular complexity index is 686. The molecule has 102 valence electrons. The number of nitrogens with two attached hydrogens (primary N) is 1. The summed E-state index contributed by atoms with van der Waals surface area (Å²) in [5.74, 6) is 0.651. The van der Waals surface area contributed by atoms with Crippen LogP contribution in [-0.4, -0.2) is 12.5 Å². The normalized spacial score (nSPS) is 12.7. The molecule has 0 bridgehead atoms. The van der Waals surface area contributed by atoms with Crippen LogP contribution in [0.4, 0.5) is 11.4 Å². The fourth-order valence-corrected chi connectivity index (χ4v) is 2.39. The third kappa shape index (κ3) is 2.42. The number of nitrogens with one attached hydrogen (secondary N) is 1. The molecule has 0 aromatic heterocycles. The molecule has 3 rings (SSSR count). The molecule has 3 N–H and O–H groups in total. The van der Waals surface area contributed by atoms with Crippen molar-refractivity contribution in [2.75, 3.05) is 17.7 Å². The highest BCUT2D eigenvalue weighted by Gasteiger charge is 2.15. The van der Waals surface area contributed by atoms with Crippen LogP contribution in [0.1, 0.15) is 15.9 Å². The molecule has 0 unspecified atom stereocenters. The molecule has 0 radical (unpaired) electrons. The van der Waals surface area contributed by atoms with Gasteiger partial charge in [-0.3, -0.25) is 4.79 Å². The van der Waals surface area contributed by atoms with Gasteiger partial charge in [-0.05, 0) is 42.0 Å². The first-order chi connectivity index (χ1) is 9.63. The monoisotopic (exact) mass is 288 g/mol. The number of hydrogen-bond donors (Lipinski definition) is 2. The summed E-state index contributed by atoms with van der Waals surface area (Å²) >= 11 is 6.04. The lowest BCUT2D eigenvalue weighted by Gasteiger charge is -2.08. The minimum absolute atomic E-state index is 0.202. The highest BCUT2D eigenvalue weighted by Crippen LogP contribution is 2.27. The van der Waals surface area contributed by atoms with E-state index in [0.717, 1.165) is 17.7 Å². The summed E-state index contributed by atoms with van der Waals surface area (Å²) in [5, 5.41) is 3.20. The van der Waals surface area contributed by atoms with Gasteiger partial charge in [0.25, 0.3) is 5.91 Å². The van der Waals surface area contributed by atoms with Crippen molar-refractivity contribution in [3.8, 4) is 5.75 Å². The third-order valence-electron chi connectivity index (χ3n) is 3.19. The zero-order chi connectivity index (χ0) is 14.1. The maximum Gasteiger partial charge on any atom is 0.255 e. The smallest absolute Gasteiger partial charge is 0.255 e. The van der Waals surface area contributed by atoms with Crippen LogP contribution in [0, 0.1) is 0 Å². The summed E-state index contributed by atoms with van der Waals surface area (Å²) in [6.45, 7) is 0.671. The Kier molecular flexibility index (Phi) is 3.24. The first-order valence-corrected chi connectivity index (χ1v) is 6.63. The Morgan fingerprint density at radius 1 is 1.25 bits per heavy atom. The van der Waals surface area contributed by atoms with Crippen LogP contribution in [0.15, 0.2) is 36.4 Å². The van der Waals surface area contributed by atoms with E-state index in [2.05, 4.69) is 5.32 Å². The van der Waals surface area contributed by atoms with Crippen LogP contribution in [0.2, 0.25) is 5.02 Å². The van der Waals surface area contributed by atoms with Crippen LogP contribution >= 0.6 is 11.6 Å². The zero-order valence-electron chi connectivity index (χ0n) is 10.7. The molecule has 4 nitrogen and oxygen atoms in total. The molecular formula is C15H13ClN2O2. The van der Waals surface area contributed by atoms with Gasteiger partial charge < -0.3 is 15.8 Å². The minimum atomic E-state index is -0.202. The van der Waals surface area contributed by atoms with Gasteiger partial charge in [0.1, 0.15) is 5.75 Å². The van der Waals surface area contributed by atoms with Crippen molar-refractivity contribution in [3.05, 3.63) is 52.5 Å². The average molecular weight is 289 g/mol. The van der Waals surface area contributed by atoms with Crippen molar-refractivity contribution < 1.29 is 9.53 Å². The SMILES string of the molecule is Nc1ccc(NC(=O)c2ccc3c(c2)CCO3)c(Cl)c1. The van der Waals surface area contributed by atoms with E-state index in [4.69, 9.17) is 22.1 Å². The fourth-order valence-electron chi connectivity index (χ4n) is 2.16. The lowest BCUT2D eigenvalue weighted by atomic mass is 10.1. The molecule has 0 aliphatic carbocycles. The standard InChI is InChI=1S/C15H13ClN2O2/c16-12-8-11(17)2-3-13(12)18-15(19)10-1-4-14-9(7-10)5-6-20-14/h1-4,7-8H,5-6,17H2,(H,18,19). The van der Waals surface area contributed by atoms with Crippen molar-refractivity contribution >= 4 is 28.9 Å². The van der Waals surface area contributed by atoms with Crippen molar-refractivity contribution in [2.24, 2.45) is 0 Å². The van der Waals surface area contributed by atoms with E-state index < -0.39 is 0 Å². The highest BCUT2D eigenvalue weighted by atomic mass is 35.5. The van der Waals surface area contributed by atoms with Gasteiger partial charge in [0.2, 0.25) is 0 Å². The summed E-state index contributed by atoms with van der Waals surface area (Å²) in [7, 11) is 0. The molecule has 0 spiro atoms. The quantitative estimate of drug-likeness (QED) is 0.835. The van der Waals surface area contributed by atoms with E-state index in [-0.39, 0.29) is 5.91 Å². The maximum absolute atomic E-state index is 12.2. The Hall–Kier alpha value is -2.20. The molecule has 1 aliphatic rings. The Balaban J connectivity index is 1.82. The number of rotatable bonds is 2. The van der Waals surface area contributed by atoms with Crippen LogP contribution in [0.3, 0.4) is 0 Å². The van der Waals surface area contributed by atoms with Crippen molar-refractivity contribution in [3.63, 3.8) is 0 Å². The number of nitrogen functional groups attached to an aromatic ring is 1. The molecule has 20 heavy (non-hydrogen) atoms. The molecule has 0 saturated heterocycles. The van der Waals surface area contributed by atoms with E-state index >= 15 is 0 Å². The Morgan fingerprint density at radius 2 is 2.10 bits per heavy atom. The first-order valence-electron chi connectivity index (χ1n) is 6.25. The Labute approximate surface area is 121 Å². The number of carbonyl (C=O) groups is 1. The summed E-state index contributed by atoms with van der Waals surface area (Å²) in [5.41, 5.74) is 8.36. The molecule has 5 heteroatoms. The van der Waals surface area contributed by atoms with E-state index in [1.807, 2.05) is 12.1 Å². The van der Waals surface area contributed by atoms with Crippen LogP contribution in [0.5, 0.6) is 5.75 Å². The largest absolute Gasteiger partial charge is 0.493 e. The lowest BCUT2D eigenvalue weighted by Crippen LogP contribution is -2.12. The van der Waals surface area contributed by atoms with Gasteiger partial charge in [0.15, 0.2) is 0 Å². The number of halogens is 1. The molecule has 1 amide bonds. The number of carbonyl (C=O) groups excluding carboxylic acids is 1. The number of hydrogen-bond acceptors (Lipinski definition) is 3. The third-order valence-corrected chi connectivity index (χ3v) is 3.51. The van der Waals surface area contributed by atoms with Gasteiger partial charge in [-0.2, -0.15) is 0 Å². The van der Waals surface area contributed by atoms with Gasteiger partial charge >= 0.3 is 0 Å². The number of amides is 1. The van der Waals surface area contributed by atoms with Crippen molar-refractivity contribution in [1.82, 2.24) is 0 Å². The predicted octanol–water partition coefficient (Wildman–Crippen LogP) is 3.11. The molecule has 2 aromatic rings. The predicted molar refractivity (Wildman–Crippen MR) is 79.5 cm³/mol. The van der Waals surface area contributed by atoms with Gasteiger partial charge in [-0.1, -0.05) is 11.6 Å². The topological polar surface area (TPSA) is 64.3 Å². The molecule has 1 heterocycles. The summed E-state index contributed by atoms with van der Waals surface area (Å²) in [4.78, 5) is 12.2. The number of ether oxygens (including phenoxy) is 1. The van der Waals surface area contributed by atoms with Gasteiger partial charge in [-0.25, -0.2) is 0 Å². The van der Waals surface area contributed by atoms with E-state index in [0.29, 0.717) is 28.6 Å². The molecule has 0 fully saturated rings. The second-order valence-electron chi connectivity index (χ2n) is 4.61. The van der Waals surface area contributed by atoms with Gasteiger partial charge in [-0.15, -0.1) is 0 Å². The molecule has 0 atom stereocenters. The molecule has 0 saturated carbocycles. The number of anilines is 2. The van der Waals surface area contributed by atoms with E-state index in [9.17, 15) is 4.79 Å². The minimum Gasteiger partial charge on any atom is -0.493 e. The van der Waals surface area contributed by atoms with E-state index in [1.165, 1.54) is 0 Å². The number of benzene rings is 2. The highest BCUT2D eigenvalue weighted by molar-refractivity contribution is 6.34. The maximum atomic E-state index is 12.2. The first kappa shape index (κ1) is 12.8. The van der Waals surface area contributed by atoms with Gasteiger partial charge in [0.05, 0.1) is 17.3 Å². The van der Waals surface area contributed by atoms with Crippen molar-refractivity contribution in [2.45, 2.75) is 6.42 Å².